The maximum atomic E-state index is 12.9. The van der Waals surface area contributed by atoms with Crippen molar-refractivity contribution in [3.05, 3.63) is 0 Å². The van der Waals surface area contributed by atoms with Crippen molar-refractivity contribution in [2.75, 3.05) is 6.61 Å². The third-order valence-corrected chi connectivity index (χ3v) is 9.50. The number of hydrogen-bond acceptors (Lipinski definition) is 5. The Morgan fingerprint density at radius 1 is 1.07 bits per heavy atom. The van der Waals surface area contributed by atoms with E-state index in [-0.39, 0.29) is 17.8 Å². The van der Waals surface area contributed by atoms with Gasteiger partial charge in [0.25, 0.3) is 0 Å². The molecule has 4 aliphatic carbocycles. The lowest BCUT2D eigenvalue weighted by Gasteiger charge is -2.60. The van der Waals surface area contributed by atoms with E-state index in [9.17, 15) is 19.5 Å². The van der Waals surface area contributed by atoms with Gasteiger partial charge in [-0.2, -0.15) is 0 Å². The summed E-state index contributed by atoms with van der Waals surface area (Å²) in [6.45, 7) is 5.45. The van der Waals surface area contributed by atoms with E-state index in [1.807, 2.05) is 0 Å². The fourth-order valence-corrected chi connectivity index (χ4v) is 7.81. The number of carbonyl (C=O) groups excluding carboxylic acids is 3. The van der Waals surface area contributed by atoms with Crippen LogP contribution in [0.3, 0.4) is 0 Å². The fraction of sp³-hybridized carbons (Fsp3) is 0.870. The van der Waals surface area contributed by atoms with Crippen LogP contribution >= 0.6 is 0 Å². The van der Waals surface area contributed by atoms with Gasteiger partial charge < -0.3 is 9.84 Å². The molecule has 28 heavy (non-hydrogen) atoms. The van der Waals surface area contributed by atoms with E-state index < -0.39 is 17.0 Å². The van der Waals surface area contributed by atoms with Gasteiger partial charge in [0.15, 0.2) is 6.61 Å². The zero-order chi connectivity index (χ0) is 20.3. The maximum absolute atomic E-state index is 12.9. The first-order valence-corrected chi connectivity index (χ1v) is 11.0. The van der Waals surface area contributed by atoms with Crippen molar-refractivity contribution in [1.29, 1.82) is 0 Å². The molecule has 0 amide bonds. The Bertz CT molecular complexity index is 701. The first-order valence-electron chi connectivity index (χ1n) is 11.0. The Kier molecular flexibility index (Phi) is 4.76. The summed E-state index contributed by atoms with van der Waals surface area (Å²) in [5, 5.41) is 11.5. The summed E-state index contributed by atoms with van der Waals surface area (Å²) in [6, 6.07) is 0. The van der Waals surface area contributed by atoms with Crippen LogP contribution in [0.4, 0.5) is 0 Å². The summed E-state index contributed by atoms with van der Waals surface area (Å²) < 4.78 is 4.93. The largest absolute Gasteiger partial charge is 0.458 e. The fourth-order valence-electron chi connectivity index (χ4n) is 7.81. The van der Waals surface area contributed by atoms with Gasteiger partial charge in [0.05, 0.1) is 0 Å². The van der Waals surface area contributed by atoms with Gasteiger partial charge >= 0.3 is 5.97 Å². The van der Waals surface area contributed by atoms with E-state index in [0.717, 1.165) is 44.9 Å². The highest BCUT2D eigenvalue weighted by Crippen LogP contribution is 2.68. The number of aliphatic hydroxyl groups is 1. The highest BCUT2D eigenvalue weighted by atomic mass is 16.5. The van der Waals surface area contributed by atoms with Crippen LogP contribution in [0, 0.1) is 34.5 Å². The normalized spacial score (nSPS) is 47.6. The summed E-state index contributed by atoms with van der Waals surface area (Å²) in [4.78, 5) is 36.0. The summed E-state index contributed by atoms with van der Waals surface area (Å²) in [5.74, 6) is 1.53. The average Bonchev–Trinajstić information content (AvgIpc) is 2.92. The number of carbonyl (C=O) groups is 3. The Hall–Kier alpha value is -1.23. The van der Waals surface area contributed by atoms with Gasteiger partial charge in [0, 0.05) is 25.2 Å². The molecule has 0 spiro atoms. The van der Waals surface area contributed by atoms with Crippen LogP contribution in [0.2, 0.25) is 0 Å². The number of esters is 1. The first kappa shape index (κ1) is 20.1. The lowest BCUT2D eigenvalue weighted by Crippen LogP contribution is -2.59. The number of rotatable bonds is 3. The molecule has 4 saturated carbocycles. The molecule has 0 aromatic carbocycles. The summed E-state index contributed by atoms with van der Waals surface area (Å²) in [7, 11) is 0. The standard InChI is InChI=1S/C23H34O5/c1-14(24)28-13-20(26)23(27)11-8-19-17-5-4-15-12-16(25)6-9-21(15,2)18(17)7-10-22(19,23)3/h15,17-19,27H,4-13H2,1-3H3/t15-,17?,18?,19?,21?,22?,23+/m0/s1. The van der Waals surface area contributed by atoms with Gasteiger partial charge in [-0.3, -0.25) is 14.4 Å². The number of ketones is 2. The number of ether oxygens (including phenoxy) is 1. The second-order valence-corrected chi connectivity index (χ2v) is 10.5. The first-order chi connectivity index (χ1) is 13.1. The van der Waals surface area contributed by atoms with Crippen molar-refractivity contribution in [2.45, 2.75) is 84.2 Å². The monoisotopic (exact) mass is 390 g/mol. The van der Waals surface area contributed by atoms with Crippen LogP contribution in [-0.4, -0.2) is 34.9 Å². The molecule has 4 rings (SSSR count). The molecular weight excluding hydrogens is 356 g/mol. The minimum absolute atomic E-state index is 0.223. The number of fused-ring (bicyclic) bond motifs is 5. The van der Waals surface area contributed by atoms with E-state index in [0.29, 0.717) is 42.3 Å². The molecule has 0 aliphatic heterocycles. The predicted molar refractivity (Wildman–Crippen MR) is 103 cm³/mol. The molecule has 1 N–H and O–H groups in total. The SMILES string of the molecule is CC(=O)OCC(=O)[C@]1(O)CCC2C3CC[C@H]4CC(=O)CCC4(C)C3CCC21C. The summed E-state index contributed by atoms with van der Waals surface area (Å²) >= 11 is 0. The van der Waals surface area contributed by atoms with Crippen LogP contribution in [0.25, 0.3) is 0 Å². The van der Waals surface area contributed by atoms with Crippen LogP contribution < -0.4 is 0 Å². The molecule has 4 fully saturated rings. The van der Waals surface area contributed by atoms with Gasteiger partial charge in [-0.1, -0.05) is 13.8 Å². The lowest BCUT2D eigenvalue weighted by molar-refractivity contribution is -0.175. The van der Waals surface area contributed by atoms with Crippen molar-refractivity contribution in [3.8, 4) is 0 Å². The molecule has 156 valence electrons. The molecule has 0 bridgehead atoms. The number of Topliss-reactive ketones (excluding diaryl/α,β-unsaturated/α-hetero) is 2. The van der Waals surface area contributed by atoms with E-state index in [1.165, 1.54) is 6.92 Å². The highest BCUT2D eigenvalue weighted by Gasteiger charge is 2.66. The lowest BCUT2D eigenvalue weighted by atomic mass is 9.44. The second kappa shape index (κ2) is 6.65. The average molecular weight is 391 g/mol. The second-order valence-electron chi connectivity index (χ2n) is 10.5. The third kappa shape index (κ3) is 2.72. The topological polar surface area (TPSA) is 80.7 Å². The molecule has 5 unspecified atom stereocenters. The predicted octanol–water partition coefficient (Wildman–Crippen LogP) is 3.46. The van der Waals surface area contributed by atoms with Gasteiger partial charge in [-0.05, 0) is 74.0 Å². The van der Waals surface area contributed by atoms with Crippen molar-refractivity contribution in [2.24, 2.45) is 34.5 Å². The van der Waals surface area contributed by atoms with E-state index >= 15 is 0 Å². The molecular formula is C23H34O5. The molecule has 0 radical (unpaired) electrons. The van der Waals surface area contributed by atoms with Gasteiger partial charge in [0.2, 0.25) is 5.78 Å². The summed E-state index contributed by atoms with van der Waals surface area (Å²) in [5.41, 5.74) is -1.61. The van der Waals surface area contributed by atoms with Crippen molar-refractivity contribution in [3.63, 3.8) is 0 Å². The van der Waals surface area contributed by atoms with Crippen molar-refractivity contribution < 1.29 is 24.2 Å². The van der Waals surface area contributed by atoms with Gasteiger partial charge in [0.1, 0.15) is 11.4 Å². The zero-order valence-electron chi connectivity index (χ0n) is 17.5. The van der Waals surface area contributed by atoms with Gasteiger partial charge in [-0.15, -0.1) is 0 Å². The van der Waals surface area contributed by atoms with Crippen molar-refractivity contribution >= 4 is 17.5 Å². The van der Waals surface area contributed by atoms with E-state index in [4.69, 9.17) is 4.74 Å². The van der Waals surface area contributed by atoms with Gasteiger partial charge in [-0.25, -0.2) is 0 Å². The highest BCUT2D eigenvalue weighted by molar-refractivity contribution is 5.91. The van der Waals surface area contributed by atoms with Crippen LogP contribution in [0.1, 0.15) is 78.6 Å². The Balaban J connectivity index is 1.57. The Labute approximate surface area is 167 Å². The quantitative estimate of drug-likeness (QED) is 0.747. The van der Waals surface area contributed by atoms with E-state index in [1.54, 1.807) is 0 Å². The minimum Gasteiger partial charge on any atom is -0.458 e. The van der Waals surface area contributed by atoms with E-state index in [2.05, 4.69) is 13.8 Å². The molecule has 5 nitrogen and oxygen atoms in total. The van der Waals surface area contributed by atoms with Crippen molar-refractivity contribution in [1.82, 2.24) is 0 Å². The molecule has 0 saturated heterocycles. The molecule has 4 aliphatic rings. The molecule has 0 aromatic rings. The number of hydrogen-bond donors (Lipinski definition) is 1. The smallest absolute Gasteiger partial charge is 0.303 e. The van der Waals surface area contributed by atoms with Crippen LogP contribution in [-0.2, 0) is 19.1 Å². The maximum Gasteiger partial charge on any atom is 0.303 e. The molecule has 0 heterocycles. The minimum atomic E-state index is -1.39. The molecule has 5 heteroatoms. The summed E-state index contributed by atoms with van der Waals surface area (Å²) in [6.07, 6.45) is 7.82. The third-order valence-electron chi connectivity index (χ3n) is 9.50. The molecule has 0 aromatic heterocycles. The van der Waals surface area contributed by atoms with Crippen LogP contribution in [0.15, 0.2) is 0 Å². The Morgan fingerprint density at radius 3 is 2.50 bits per heavy atom. The van der Waals surface area contributed by atoms with Crippen LogP contribution in [0.5, 0.6) is 0 Å². The zero-order valence-corrected chi connectivity index (χ0v) is 17.5. The Morgan fingerprint density at radius 2 is 1.79 bits per heavy atom. The molecule has 7 atom stereocenters.